The number of hydrogen-bond acceptors (Lipinski definition) is 7. The Labute approximate surface area is 187 Å². The molecule has 3 aromatic rings. The van der Waals surface area contributed by atoms with Crippen molar-refractivity contribution in [2.45, 2.75) is 6.92 Å². The van der Waals surface area contributed by atoms with Gasteiger partial charge in [0.15, 0.2) is 23.1 Å². The molecule has 0 spiro atoms. The molecule has 0 unspecified atom stereocenters. The van der Waals surface area contributed by atoms with E-state index in [0.717, 1.165) is 19.1 Å². The van der Waals surface area contributed by atoms with E-state index in [1.165, 1.54) is 23.1 Å². The maximum atomic E-state index is 14.7. The number of nitrogen functional groups attached to an aromatic ring is 1. The number of phenolic OH excluding ortho intramolecular Hbond substituents is 2. The minimum Gasteiger partial charge on any atom is -0.504 e. The molecule has 0 saturated carbocycles. The van der Waals surface area contributed by atoms with Gasteiger partial charge in [0.25, 0.3) is 17.7 Å². The lowest BCUT2D eigenvalue weighted by atomic mass is 10.1. The van der Waals surface area contributed by atoms with Gasteiger partial charge in [0.2, 0.25) is 5.75 Å². The molecule has 0 saturated heterocycles. The van der Waals surface area contributed by atoms with Crippen molar-refractivity contribution < 1.29 is 33.3 Å². The lowest BCUT2D eigenvalue weighted by molar-refractivity contribution is 0.0827. The van der Waals surface area contributed by atoms with E-state index in [1.807, 2.05) is 0 Å². The number of amides is 1. The zero-order valence-electron chi connectivity index (χ0n) is 17.8. The highest BCUT2D eigenvalue weighted by Crippen LogP contribution is 2.40. The number of nitrogens with one attached hydrogen (secondary N) is 1. The quantitative estimate of drug-likeness (QED) is 0.251. The van der Waals surface area contributed by atoms with Gasteiger partial charge in [-0.25, -0.2) is 8.78 Å². The monoisotopic (exact) mass is 458 g/mol. The number of halogens is 2. The van der Waals surface area contributed by atoms with E-state index >= 15 is 0 Å². The summed E-state index contributed by atoms with van der Waals surface area (Å²) in [6.07, 6.45) is 0. The highest BCUT2D eigenvalue weighted by molar-refractivity contribution is 5.96. The molecule has 0 aliphatic rings. The molecular formula is C22H20F2N4O5. The molecule has 5 N–H and O–H groups in total. The Hall–Kier alpha value is -4.41. The summed E-state index contributed by atoms with van der Waals surface area (Å²) < 4.78 is 40.1. The van der Waals surface area contributed by atoms with Crippen molar-refractivity contribution in [3.63, 3.8) is 0 Å². The Balaban J connectivity index is 2.01. The molecule has 2 aromatic carbocycles. The van der Waals surface area contributed by atoms with Crippen LogP contribution in [0, 0.1) is 24.0 Å². The fourth-order valence-electron chi connectivity index (χ4n) is 2.74. The molecule has 1 heterocycles. The molecular weight excluding hydrogens is 438 g/mol. The zero-order chi connectivity index (χ0) is 24.4. The van der Waals surface area contributed by atoms with Gasteiger partial charge in [-0.2, -0.15) is 4.98 Å². The van der Waals surface area contributed by atoms with Crippen LogP contribution in [0.4, 0.5) is 8.78 Å². The van der Waals surface area contributed by atoms with Crippen molar-refractivity contribution in [3.05, 3.63) is 64.7 Å². The molecule has 33 heavy (non-hydrogen) atoms. The number of aromatic hydroxyl groups is 2. The van der Waals surface area contributed by atoms with Gasteiger partial charge in [-0.15, -0.1) is 0 Å². The van der Waals surface area contributed by atoms with Crippen LogP contribution in [0.3, 0.4) is 0 Å². The predicted molar refractivity (Wildman–Crippen MR) is 114 cm³/mol. The standard InChI is InChI=1S/C22H20F2N4O5/c1-10-16(23)20(32-13-6-4-5-11(7-13)22(31)28(2)3)27-21(17(10)24)33-15-9-12(19(25)26)8-14(29)18(15)30/h4-9,29-30H,1-3H3,(H3,25,26). The van der Waals surface area contributed by atoms with Gasteiger partial charge in [-0.3, -0.25) is 10.2 Å². The van der Waals surface area contributed by atoms with Gasteiger partial charge >= 0.3 is 0 Å². The molecule has 1 aromatic heterocycles. The number of aromatic nitrogens is 1. The van der Waals surface area contributed by atoms with Crippen LogP contribution in [0.2, 0.25) is 0 Å². The summed E-state index contributed by atoms with van der Waals surface area (Å²) in [5.41, 5.74) is 5.15. The van der Waals surface area contributed by atoms with Crippen molar-refractivity contribution in [1.82, 2.24) is 9.88 Å². The molecule has 1 amide bonds. The van der Waals surface area contributed by atoms with E-state index in [2.05, 4.69) is 4.98 Å². The molecule has 11 heteroatoms. The number of phenols is 2. The van der Waals surface area contributed by atoms with Crippen molar-refractivity contribution in [3.8, 4) is 34.8 Å². The van der Waals surface area contributed by atoms with E-state index in [0.29, 0.717) is 0 Å². The maximum Gasteiger partial charge on any atom is 0.259 e. The molecule has 0 bridgehead atoms. The third-order valence-electron chi connectivity index (χ3n) is 4.51. The van der Waals surface area contributed by atoms with Crippen molar-refractivity contribution in [1.29, 1.82) is 5.41 Å². The number of benzene rings is 2. The first-order valence-electron chi connectivity index (χ1n) is 9.43. The number of ether oxygens (including phenoxy) is 2. The molecule has 3 rings (SSSR count). The van der Waals surface area contributed by atoms with Crippen molar-refractivity contribution in [2.75, 3.05) is 14.1 Å². The summed E-state index contributed by atoms with van der Waals surface area (Å²) in [6, 6.07) is 7.97. The van der Waals surface area contributed by atoms with Crippen LogP contribution in [0.1, 0.15) is 21.5 Å². The second kappa shape index (κ2) is 8.99. The van der Waals surface area contributed by atoms with Crippen molar-refractivity contribution in [2.24, 2.45) is 5.73 Å². The third kappa shape index (κ3) is 4.76. The Morgan fingerprint density at radius 2 is 1.70 bits per heavy atom. The topological polar surface area (TPSA) is 142 Å². The van der Waals surface area contributed by atoms with Crippen LogP contribution in [0.15, 0.2) is 36.4 Å². The van der Waals surface area contributed by atoms with Gasteiger partial charge in [0, 0.05) is 30.8 Å². The molecule has 0 atom stereocenters. The van der Waals surface area contributed by atoms with Crippen LogP contribution >= 0.6 is 0 Å². The normalized spacial score (nSPS) is 10.6. The van der Waals surface area contributed by atoms with Gasteiger partial charge in [-0.05, 0) is 37.3 Å². The number of hydrogen-bond donors (Lipinski definition) is 4. The summed E-state index contributed by atoms with van der Waals surface area (Å²) in [6.45, 7) is 1.13. The summed E-state index contributed by atoms with van der Waals surface area (Å²) >= 11 is 0. The molecule has 172 valence electrons. The Morgan fingerprint density at radius 3 is 2.30 bits per heavy atom. The zero-order valence-corrected chi connectivity index (χ0v) is 17.8. The lowest BCUT2D eigenvalue weighted by Gasteiger charge is -2.14. The smallest absolute Gasteiger partial charge is 0.259 e. The Kier molecular flexibility index (Phi) is 6.33. The lowest BCUT2D eigenvalue weighted by Crippen LogP contribution is -2.21. The van der Waals surface area contributed by atoms with Crippen molar-refractivity contribution >= 4 is 11.7 Å². The minimum absolute atomic E-state index is 0.0154. The number of rotatable bonds is 6. The highest BCUT2D eigenvalue weighted by atomic mass is 19.1. The van der Waals surface area contributed by atoms with E-state index in [-0.39, 0.29) is 22.8 Å². The van der Waals surface area contributed by atoms with E-state index < -0.39 is 52.0 Å². The van der Waals surface area contributed by atoms with Gasteiger partial charge < -0.3 is 30.3 Å². The first-order valence-corrected chi connectivity index (χ1v) is 9.43. The minimum atomic E-state index is -1.18. The molecule has 0 aliphatic heterocycles. The maximum absolute atomic E-state index is 14.7. The summed E-state index contributed by atoms with van der Waals surface area (Å²) in [5.74, 6) is -6.30. The Bertz CT molecular complexity index is 1260. The number of carbonyl (C=O) groups excluding carboxylic acids is 1. The van der Waals surface area contributed by atoms with Crippen LogP contribution in [0.5, 0.6) is 34.8 Å². The molecule has 9 nitrogen and oxygen atoms in total. The van der Waals surface area contributed by atoms with Crippen LogP contribution < -0.4 is 15.2 Å². The van der Waals surface area contributed by atoms with Gasteiger partial charge in [0.05, 0.1) is 0 Å². The molecule has 0 aliphatic carbocycles. The van der Waals surface area contributed by atoms with Crippen LogP contribution in [0.25, 0.3) is 0 Å². The first kappa shape index (κ1) is 23.3. The molecule has 0 radical (unpaired) electrons. The number of amidine groups is 1. The van der Waals surface area contributed by atoms with E-state index in [4.69, 9.17) is 20.6 Å². The fourth-order valence-corrected chi connectivity index (χ4v) is 2.74. The summed E-state index contributed by atoms with van der Waals surface area (Å²) in [7, 11) is 3.14. The summed E-state index contributed by atoms with van der Waals surface area (Å²) in [5, 5.41) is 27.3. The second-order valence-electron chi connectivity index (χ2n) is 7.16. The largest absolute Gasteiger partial charge is 0.504 e. The summed E-state index contributed by atoms with van der Waals surface area (Å²) in [4.78, 5) is 17.2. The first-order chi connectivity index (χ1) is 15.5. The second-order valence-corrected chi connectivity index (χ2v) is 7.16. The highest BCUT2D eigenvalue weighted by Gasteiger charge is 2.23. The predicted octanol–water partition coefficient (Wildman–Crippen LogP) is 3.65. The molecule has 0 fully saturated rings. The van der Waals surface area contributed by atoms with E-state index in [9.17, 15) is 23.8 Å². The van der Waals surface area contributed by atoms with E-state index in [1.54, 1.807) is 20.2 Å². The SMILES string of the molecule is Cc1c(F)c(Oc2cccc(C(=O)N(C)C)c2)nc(Oc2cc(C(=N)N)cc(O)c2O)c1F. The third-order valence-corrected chi connectivity index (χ3v) is 4.51. The van der Waals surface area contributed by atoms with Crippen LogP contribution in [-0.2, 0) is 0 Å². The van der Waals surface area contributed by atoms with Crippen LogP contribution in [-0.4, -0.2) is 45.9 Å². The number of nitrogens with zero attached hydrogens (tertiary/aromatic N) is 2. The Morgan fingerprint density at radius 1 is 1.06 bits per heavy atom. The number of nitrogens with two attached hydrogens (primary N) is 1. The number of carbonyl (C=O) groups is 1. The van der Waals surface area contributed by atoms with Gasteiger partial charge in [-0.1, -0.05) is 6.07 Å². The fraction of sp³-hybridized carbons (Fsp3) is 0.136. The van der Waals surface area contributed by atoms with Gasteiger partial charge in [0.1, 0.15) is 11.6 Å². The number of pyridine rings is 1. The average molecular weight is 458 g/mol. The average Bonchev–Trinajstić information content (AvgIpc) is 2.77.